The first-order chi connectivity index (χ1) is 18.2. The normalized spacial score (nSPS) is 11.4. The van der Waals surface area contributed by atoms with Gasteiger partial charge in [-0.1, -0.05) is 103 Å². The Hall–Kier alpha value is -4.60. The van der Waals surface area contributed by atoms with Crippen LogP contribution in [-0.2, 0) is 0 Å². The molecule has 0 spiro atoms. The Labute approximate surface area is 219 Å². The van der Waals surface area contributed by atoms with Crippen LogP contribution in [0.15, 0.2) is 121 Å². The second-order valence-corrected chi connectivity index (χ2v) is 9.46. The zero-order valence-corrected chi connectivity index (χ0v) is 20.5. The van der Waals surface area contributed by atoms with Crippen LogP contribution in [-0.4, -0.2) is 15.0 Å². The van der Waals surface area contributed by atoms with Crippen LogP contribution >= 0.6 is 11.6 Å². The van der Waals surface area contributed by atoms with Gasteiger partial charge in [-0.2, -0.15) is 9.97 Å². The lowest BCUT2D eigenvalue weighted by molar-refractivity contribution is 1.07. The van der Waals surface area contributed by atoms with Crippen molar-refractivity contribution in [3.05, 3.63) is 127 Å². The van der Waals surface area contributed by atoms with E-state index < -0.39 is 0 Å². The number of rotatable bonds is 3. The van der Waals surface area contributed by atoms with Gasteiger partial charge in [-0.25, -0.2) is 4.98 Å². The van der Waals surface area contributed by atoms with Crippen molar-refractivity contribution in [2.75, 3.05) is 0 Å². The van der Waals surface area contributed by atoms with Gasteiger partial charge in [0.1, 0.15) is 0 Å². The first-order valence-electron chi connectivity index (χ1n) is 12.1. The minimum Gasteiger partial charge on any atom is -0.208 e. The highest BCUT2D eigenvalue weighted by Gasteiger charge is 2.12. The van der Waals surface area contributed by atoms with E-state index in [9.17, 15) is 0 Å². The molecule has 0 aliphatic rings. The number of benzene rings is 6. The van der Waals surface area contributed by atoms with Crippen molar-refractivity contribution in [2.45, 2.75) is 0 Å². The fourth-order valence-corrected chi connectivity index (χ4v) is 5.10. The maximum atomic E-state index is 6.41. The number of halogens is 1. The maximum Gasteiger partial charge on any atom is 0.226 e. The summed E-state index contributed by atoms with van der Waals surface area (Å²) in [4.78, 5) is 13.8. The van der Waals surface area contributed by atoms with Gasteiger partial charge < -0.3 is 0 Å². The Morgan fingerprint density at radius 3 is 1.68 bits per heavy atom. The second-order valence-electron chi connectivity index (χ2n) is 9.12. The van der Waals surface area contributed by atoms with Gasteiger partial charge in [0.15, 0.2) is 11.6 Å². The van der Waals surface area contributed by atoms with E-state index in [1.54, 1.807) is 0 Å². The monoisotopic (exact) mass is 493 g/mol. The quantitative estimate of drug-likeness (QED) is 0.230. The van der Waals surface area contributed by atoms with E-state index in [4.69, 9.17) is 16.6 Å². The second kappa shape index (κ2) is 8.81. The Morgan fingerprint density at radius 2 is 0.919 bits per heavy atom. The van der Waals surface area contributed by atoms with Crippen LogP contribution in [0.1, 0.15) is 0 Å². The minimum absolute atomic E-state index is 0.178. The molecule has 37 heavy (non-hydrogen) atoms. The van der Waals surface area contributed by atoms with Gasteiger partial charge in [0, 0.05) is 11.1 Å². The summed E-state index contributed by atoms with van der Waals surface area (Å²) in [6.45, 7) is 0. The third-order valence-electron chi connectivity index (χ3n) is 6.82. The van der Waals surface area contributed by atoms with Crippen molar-refractivity contribution in [1.82, 2.24) is 15.0 Å². The molecule has 0 saturated carbocycles. The molecule has 6 aromatic carbocycles. The van der Waals surface area contributed by atoms with Gasteiger partial charge in [-0.3, -0.25) is 0 Å². The Balaban J connectivity index is 1.31. The SMILES string of the molecule is Clc1nc(-c2ccc3cc(-c4ccccc4)ccc3c2)nc(-c2ccc3ccc4ccccc4c3c2)n1. The first-order valence-corrected chi connectivity index (χ1v) is 12.5. The fraction of sp³-hybridized carbons (Fsp3) is 0. The van der Waals surface area contributed by atoms with Gasteiger partial charge in [0.25, 0.3) is 0 Å². The molecule has 0 aliphatic carbocycles. The lowest BCUT2D eigenvalue weighted by Gasteiger charge is -2.09. The molecule has 7 rings (SSSR count). The summed E-state index contributed by atoms with van der Waals surface area (Å²) < 4.78 is 0. The number of aromatic nitrogens is 3. The molecule has 0 radical (unpaired) electrons. The van der Waals surface area contributed by atoms with E-state index in [-0.39, 0.29) is 5.28 Å². The Morgan fingerprint density at radius 1 is 0.378 bits per heavy atom. The van der Waals surface area contributed by atoms with Crippen molar-refractivity contribution in [3.63, 3.8) is 0 Å². The fourth-order valence-electron chi connectivity index (χ4n) is 4.94. The smallest absolute Gasteiger partial charge is 0.208 e. The largest absolute Gasteiger partial charge is 0.226 e. The summed E-state index contributed by atoms with van der Waals surface area (Å²) in [6, 6.07) is 42.1. The van der Waals surface area contributed by atoms with E-state index in [0.29, 0.717) is 11.6 Å². The van der Waals surface area contributed by atoms with Crippen LogP contribution in [0.2, 0.25) is 5.28 Å². The molecule has 7 aromatic rings. The average molecular weight is 494 g/mol. The summed E-state index contributed by atoms with van der Waals surface area (Å²) >= 11 is 6.41. The molecule has 0 N–H and O–H groups in total. The molecule has 0 saturated heterocycles. The lowest BCUT2D eigenvalue weighted by atomic mass is 9.99. The van der Waals surface area contributed by atoms with E-state index in [0.717, 1.165) is 27.3 Å². The first kappa shape index (κ1) is 21.7. The summed E-state index contributed by atoms with van der Waals surface area (Å²) in [7, 11) is 0. The number of hydrogen-bond donors (Lipinski definition) is 0. The molecule has 0 unspecified atom stereocenters. The molecular formula is C33H20ClN3. The summed E-state index contributed by atoms with van der Waals surface area (Å²) in [5, 5.41) is 7.19. The number of hydrogen-bond acceptors (Lipinski definition) is 3. The molecule has 1 heterocycles. The Kier molecular flexibility index (Phi) is 5.16. The summed E-state index contributed by atoms with van der Waals surface area (Å²) in [6.07, 6.45) is 0. The van der Waals surface area contributed by atoms with Crippen molar-refractivity contribution in [1.29, 1.82) is 0 Å². The molecule has 0 bridgehead atoms. The molecule has 0 fully saturated rings. The van der Waals surface area contributed by atoms with Gasteiger partial charge in [-0.15, -0.1) is 0 Å². The molecule has 0 amide bonds. The van der Waals surface area contributed by atoms with Crippen LogP contribution in [0, 0.1) is 0 Å². The van der Waals surface area contributed by atoms with Gasteiger partial charge in [-0.05, 0) is 73.2 Å². The standard InChI is InChI=1S/C33H20ClN3/c34-33-36-31(27-17-15-25-18-24(13-14-26(25)19-27)21-6-2-1-3-7-21)35-32(37-33)28-16-12-23-11-10-22-8-4-5-9-29(22)30(23)20-28/h1-20H. The topological polar surface area (TPSA) is 38.7 Å². The Bertz CT molecular complexity index is 1950. The third kappa shape index (κ3) is 4.00. The van der Waals surface area contributed by atoms with Crippen molar-refractivity contribution in [2.24, 2.45) is 0 Å². The van der Waals surface area contributed by atoms with E-state index in [2.05, 4.69) is 113 Å². The molecule has 4 heteroatoms. The van der Waals surface area contributed by atoms with E-state index in [1.807, 2.05) is 18.2 Å². The summed E-state index contributed by atoms with van der Waals surface area (Å²) in [5.74, 6) is 1.12. The summed E-state index contributed by atoms with van der Waals surface area (Å²) in [5.41, 5.74) is 4.19. The van der Waals surface area contributed by atoms with Crippen LogP contribution in [0.4, 0.5) is 0 Å². The van der Waals surface area contributed by atoms with Crippen molar-refractivity contribution < 1.29 is 0 Å². The molecule has 1 aromatic heterocycles. The third-order valence-corrected chi connectivity index (χ3v) is 6.99. The van der Waals surface area contributed by atoms with Crippen LogP contribution in [0.5, 0.6) is 0 Å². The highest BCUT2D eigenvalue weighted by atomic mass is 35.5. The zero-order valence-electron chi connectivity index (χ0n) is 19.8. The number of nitrogens with zero attached hydrogens (tertiary/aromatic N) is 3. The van der Waals surface area contributed by atoms with Gasteiger partial charge in [0.05, 0.1) is 0 Å². The van der Waals surface area contributed by atoms with Crippen molar-refractivity contribution in [3.8, 4) is 33.9 Å². The van der Waals surface area contributed by atoms with Crippen molar-refractivity contribution >= 4 is 43.9 Å². The highest BCUT2D eigenvalue weighted by Crippen LogP contribution is 2.31. The zero-order chi connectivity index (χ0) is 24.8. The molecule has 0 atom stereocenters. The predicted octanol–water partition coefficient (Wildman–Crippen LogP) is 8.99. The molecular weight excluding hydrogens is 474 g/mol. The maximum absolute atomic E-state index is 6.41. The van der Waals surface area contributed by atoms with Gasteiger partial charge >= 0.3 is 0 Å². The highest BCUT2D eigenvalue weighted by molar-refractivity contribution is 6.28. The average Bonchev–Trinajstić information content (AvgIpc) is 2.96. The molecule has 0 aliphatic heterocycles. The molecule has 3 nitrogen and oxygen atoms in total. The van der Waals surface area contributed by atoms with Crippen LogP contribution in [0.25, 0.3) is 66.2 Å². The van der Waals surface area contributed by atoms with Crippen LogP contribution < -0.4 is 0 Å². The lowest BCUT2D eigenvalue weighted by Crippen LogP contribution is -1.97. The van der Waals surface area contributed by atoms with Crippen LogP contribution in [0.3, 0.4) is 0 Å². The number of fused-ring (bicyclic) bond motifs is 4. The minimum atomic E-state index is 0.178. The van der Waals surface area contributed by atoms with Gasteiger partial charge in [0.2, 0.25) is 5.28 Å². The van der Waals surface area contributed by atoms with E-state index in [1.165, 1.54) is 27.3 Å². The van der Waals surface area contributed by atoms with E-state index >= 15 is 0 Å². The molecule has 174 valence electrons. The predicted molar refractivity (Wildman–Crippen MR) is 154 cm³/mol.